The number of rotatable bonds is 2. The Labute approximate surface area is 124 Å². The number of carboxylic acid groups (broad SMARTS) is 1. The Bertz CT molecular complexity index is 696. The molecule has 0 aliphatic heterocycles. The van der Waals surface area contributed by atoms with Crippen molar-refractivity contribution in [3.63, 3.8) is 0 Å². The SMILES string of the molecule is O=C(O)[C@@H]1C[C@]12CC[C@@H](c1ccnc3ccccc31)CC2. The highest BCUT2D eigenvalue weighted by molar-refractivity contribution is 5.82. The smallest absolute Gasteiger partial charge is 0.307 e. The van der Waals surface area contributed by atoms with Gasteiger partial charge in [-0.05, 0) is 61.1 Å². The molecule has 108 valence electrons. The zero-order chi connectivity index (χ0) is 14.4. The third-order valence-corrected chi connectivity index (χ3v) is 5.59. The Morgan fingerprint density at radius 2 is 1.95 bits per heavy atom. The molecule has 21 heavy (non-hydrogen) atoms. The predicted molar refractivity (Wildman–Crippen MR) is 81.1 cm³/mol. The normalized spacial score (nSPS) is 31.4. The summed E-state index contributed by atoms with van der Waals surface area (Å²) in [5, 5.41) is 10.4. The quantitative estimate of drug-likeness (QED) is 0.905. The Kier molecular flexibility index (Phi) is 2.78. The van der Waals surface area contributed by atoms with Gasteiger partial charge in [-0.2, -0.15) is 0 Å². The fourth-order valence-electron chi connectivity index (χ4n) is 4.23. The fraction of sp³-hybridized carbons (Fsp3) is 0.444. The number of nitrogens with zero attached hydrogens (tertiary/aromatic N) is 1. The highest BCUT2D eigenvalue weighted by Crippen LogP contribution is 2.63. The first kappa shape index (κ1) is 12.8. The molecule has 0 unspecified atom stereocenters. The van der Waals surface area contributed by atoms with Gasteiger partial charge < -0.3 is 5.11 Å². The van der Waals surface area contributed by atoms with Gasteiger partial charge in [-0.15, -0.1) is 0 Å². The molecule has 2 fully saturated rings. The second kappa shape index (κ2) is 4.55. The number of fused-ring (bicyclic) bond motifs is 1. The summed E-state index contributed by atoms with van der Waals surface area (Å²) in [6.45, 7) is 0. The van der Waals surface area contributed by atoms with E-state index in [2.05, 4.69) is 29.2 Å². The highest BCUT2D eigenvalue weighted by atomic mass is 16.4. The van der Waals surface area contributed by atoms with Crippen LogP contribution in [-0.2, 0) is 4.79 Å². The van der Waals surface area contributed by atoms with Crippen LogP contribution in [0, 0.1) is 11.3 Å². The first-order valence-electron chi connectivity index (χ1n) is 7.76. The number of hydrogen-bond donors (Lipinski definition) is 1. The maximum atomic E-state index is 11.2. The van der Waals surface area contributed by atoms with Crippen LogP contribution in [0.5, 0.6) is 0 Å². The molecule has 1 N–H and O–H groups in total. The maximum Gasteiger partial charge on any atom is 0.307 e. The van der Waals surface area contributed by atoms with E-state index in [9.17, 15) is 9.90 Å². The largest absolute Gasteiger partial charge is 0.481 e. The van der Waals surface area contributed by atoms with Gasteiger partial charge in [0.15, 0.2) is 0 Å². The van der Waals surface area contributed by atoms with Crippen molar-refractivity contribution in [3.8, 4) is 0 Å². The average Bonchev–Trinajstić information content (AvgIpc) is 3.22. The molecule has 0 saturated heterocycles. The first-order valence-corrected chi connectivity index (χ1v) is 7.76. The van der Waals surface area contributed by atoms with Crippen molar-refractivity contribution in [3.05, 3.63) is 42.1 Å². The lowest BCUT2D eigenvalue weighted by Gasteiger charge is -2.30. The van der Waals surface area contributed by atoms with Crippen LogP contribution < -0.4 is 0 Å². The number of pyridine rings is 1. The third-order valence-electron chi connectivity index (χ3n) is 5.59. The van der Waals surface area contributed by atoms with Crippen molar-refractivity contribution in [1.82, 2.24) is 4.98 Å². The summed E-state index contributed by atoms with van der Waals surface area (Å²) >= 11 is 0. The number of aliphatic carboxylic acids is 1. The second-order valence-electron chi connectivity index (χ2n) is 6.65. The topological polar surface area (TPSA) is 50.2 Å². The zero-order valence-corrected chi connectivity index (χ0v) is 12.0. The van der Waals surface area contributed by atoms with Gasteiger partial charge in [0.2, 0.25) is 0 Å². The van der Waals surface area contributed by atoms with Crippen LogP contribution in [0.3, 0.4) is 0 Å². The van der Waals surface area contributed by atoms with Gasteiger partial charge in [-0.3, -0.25) is 9.78 Å². The van der Waals surface area contributed by atoms with E-state index in [0.717, 1.165) is 37.6 Å². The predicted octanol–water partition coefficient (Wildman–Crippen LogP) is 3.98. The van der Waals surface area contributed by atoms with Gasteiger partial charge in [-0.1, -0.05) is 18.2 Å². The van der Waals surface area contributed by atoms with Gasteiger partial charge in [-0.25, -0.2) is 0 Å². The molecule has 0 amide bonds. The van der Waals surface area contributed by atoms with Crippen molar-refractivity contribution in [1.29, 1.82) is 0 Å². The summed E-state index contributed by atoms with van der Waals surface area (Å²) in [4.78, 5) is 15.6. The van der Waals surface area contributed by atoms with Crippen molar-refractivity contribution in [2.24, 2.45) is 11.3 Å². The second-order valence-corrected chi connectivity index (χ2v) is 6.65. The summed E-state index contributed by atoms with van der Waals surface area (Å²) in [6.07, 6.45) is 7.14. The number of aromatic nitrogens is 1. The number of hydrogen-bond acceptors (Lipinski definition) is 2. The van der Waals surface area contributed by atoms with Gasteiger partial charge in [0, 0.05) is 11.6 Å². The van der Waals surface area contributed by atoms with E-state index in [1.807, 2.05) is 12.3 Å². The van der Waals surface area contributed by atoms with Gasteiger partial charge in [0.1, 0.15) is 0 Å². The van der Waals surface area contributed by atoms with Crippen molar-refractivity contribution in [2.75, 3.05) is 0 Å². The summed E-state index contributed by atoms with van der Waals surface area (Å²) in [6, 6.07) is 10.5. The average molecular weight is 281 g/mol. The van der Waals surface area contributed by atoms with E-state index in [0.29, 0.717) is 5.92 Å². The number of para-hydroxylation sites is 1. The van der Waals surface area contributed by atoms with Gasteiger partial charge in [0.05, 0.1) is 11.4 Å². The molecule has 0 radical (unpaired) electrons. The monoisotopic (exact) mass is 281 g/mol. The lowest BCUT2D eigenvalue weighted by molar-refractivity contribution is -0.139. The van der Waals surface area contributed by atoms with Crippen LogP contribution in [0.2, 0.25) is 0 Å². The Morgan fingerprint density at radius 3 is 2.67 bits per heavy atom. The molecule has 1 spiro atoms. The van der Waals surface area contributed by atoms with E-state index >= 15 is 0 Å². The number of benzene rings is 1. The molecule has 1 aromatic heterocycles. The molecular formula is C18H19NO2. The molecule has 1 heterocycles. The molecule has 2 saturated carbocycles. The van der Waals surface area contributed by atoms with Crippen LogP contribution in [0.15, 0.2) is 36.5 Å². The van der Waals surface area contributed by atoms with Crippen molar-refractivity contribution >= 4 is 16.9 Å². The molecule has 1 atom stereocenters. The minimum atomic E-state index is -0.595. The summed E-state index contributed by atoms with van der Waals surface area (Å²) in [5.41, 5.74) is 2.58. The minimum absolute atomic E-state index is 0.0763. The third kappa shape index (κ3) is 2.03. The molecule has 3 nitrogen and oxygen atoms in total. The van der Waals surface area contributed by atoms with E-state index < -0.39 is 5.97 Å². The van der Waals surface area contributed by atoms with Gasteiger partial charge in [0.25, 0.3) is 0 Å². The van der Waals surface area contributed by atoms with Crippen LogP contribution >= 0.6 is 0 Å². The van der Waals surface area contributed by atoms with Crippen molar-refractivity contribution < 1.29 is 9.90 Å². The molecule has 2 aromatic rings. The number of carbonyl (C=O) groups is 1. The lowest BCUT2D eigenvalue weighted by atomic mass is 9.75. The Morgan fingerprint density at radius 1 is 1.19 bits per heavy atom. The summed E-state index contributed by atoms with van der Waals surface area (Å²) in [5.74, 6) is -0.117. The van der Waals surface area contributed by atoms with E-state index in [1.165, 1.54) is 10.9 Å². The zero-order valence-electron chi connectivity index (χ0n) is 12.0. The summed E-state index contributed by atoms with van der Waals surface area (Å²) in [7, 11) is 0. The number of carboxylic acids is 1. The van der Waals surface area contributed by atoms with E-state index in [4.69, 9.17) is 0 Å². The fourth-order valence-corrected chi connectivity index (χ4v) is 4.23. The maximum absolute atomic E-state index is 11.2. The lowest BCUT2D eigenvalue weighted by Crippen LogP contribution is -2.18. The van der Waals surface area contributed by atoms with Crippen molar-refractivity contribution in [2.45, 2.75) is 38.0 Å². The molecule has 2 aliphatic carbocycles. The molecule has 1 aromatic carbocycles. The molecule has 3 heteroatoms. The van der Waals surface area contributed by atoms with Crippen LogP contribution in [0.4, 0.5) is 0 Å². The van der Waals surface area contributed by atoms with Gasteiger partial charge >= 0.3 is 5.97 Å². The minimum Gasteiger partial charge on any atom is -0.481 e. The molecular weight excluding hydrogens is 262 g/mol. The van der Waals surface area contributed by atoms with Crippen LogP contribution in [0.25, 0.3) is 10.9 Å². The van der Waals surface area contributed by atoms with E-state index in [-0.39, 0.29) is 11.3 Å². The van der Waals surface area contributed by atoms with Crippen LogP contribution in [0.1, 0.15) is 43.6 Å². The molecule has 2 aliphatic rings. The summed E-state index contributed by atoms with van der Waals surface area (Å²) < 4.78 is 0. The van der Waals surface area contributed by atoms with E-state index in [1.54, 1.807) is 0 Å². The Balaban J connectivity index is 1.57. The molecule has 0 bridgehead atoms. The van der Waals surface area contributed by atoms with Crippen LogP contribution in [-0.4, -0.2) is 16.1 Å². The standard InChI is InChI=1S/C18H19NO2/c20-17(21)15-11-18(15)8-5-12(6-9-18)13-7-10-19-16-4-2-1-3-14(13)16/h1-4,7,10,12,15H,5-6,8-9,11H2,(H,20,21)/t12-,15-,18-/m0/s1. The molecule has 4 rings (SSSR count). The highest BCUT2D eigenvalue weighted by Gasteiger charge is 2.58. The first-order chi connectivity index (χ1) is 10.2. The Hall–Kier alpha value is -1.90.